The summed E-state index contributed by atoms with van der Waals surface area (Å²) in [6.45, 7) is 4.31. The Kier molecular flexibility index (Phi) is 65.2. The van der Waals surface area contributed by atoms with Crippen LogP contribution in [0.5, 0.6) is 0 Å². The first kappa shape index (κ1) is 86.4. The summed E-state index contributed by atoms with van der Waals surface area (Å²) >= 11 is 0. The standard InChI is InChI=1S/C80H147NO10/c1-3-5-7-9-11-13-15-16-45-48-52-56-60-64-68-76(85)89-69-65-61-57-53-49-46-43-41-39-37-35-33-31-29-27-25-23-21-19-17-18-20-22-24-26-28-30-32-34-36-38-40-42-44-47-51-55-59-63-67-75(84)81-72(71-90-80-79(88)78(87)77(86)74(70-82)91-80)73(83)66-62-58-54-50-14-12-10-8-6-4-2/h14-18,21,23,50,62,66,72-74,77-80,82-83,86-88H,3-13,19-20,22,24-49,51-61,63-65,67-71H2,1-2H3,(H,81,84)/b16-15-,18-17-,23-21-,50-14+,66-62+. The van der Waals surface area contributed by atoms with E-state index in [1.807, 2.05) is 6.08 Å². The normalized spacial score (nSPS) is 17.9. The molecule has 11 heteroatoms. The van der Waals surface area contributed by atoms with Gasteiger partial charge in [0, 0.05) is 12.8 Å². The number of esters is 1. The van der Waals surface area contributed by atoms with Crippen molar-refractivity contribution < 1.29 is 49.3 Å². The van der Waals surface area contributed by atoms with Crippen molar-refractivity contribution >= 4 is 11.9 Å². The highest BCUT2D eigenvalue weighted by molar-refractivity contribution is 5.76. The maximum atomic E-state index is 13.0. The Balaban J connectivity index is 1.88. The van der Waals surface area contributed by atoms with Crippen molar-refractivity contribution in [3.8, 4) is 0 Å². The predicted octanol–water partition coefficient (Wildman–Crippen LogP) is 20.9. The van der Waals surface area contributed by atoms with Crippen molar-refractivity contribution in [1.82, 2.24) is 5.32 Å². The van der Waals surface area contributed by atoms with E-state index in [-0.39, 0.29) is 18.5 Å². The zero-order chi connectivity index (χ0) is 65.8. The van der Waals surface area contributed by atoms with Gasteiger partial charge in [-0.25, -0.2) is 0 Å². The molecule has 0 radical (unpaired) electrons. The summed E-state index contributed by atoms with van der Waals surface area (Å²) in [7, 11) is 0. The molecule has 1 rings (SSSR count). The number of nitrogens with one attached hydrogen (secondary N) is 1. The maximum absolute atomic E-state index is 13.0. The highest BCUT2D eigenvalue weighted by atomic mass is 16.7. The molecule has 532 valence electrons. The first-order valence-electron chi connectivity index (χ1n) is 39.1. The molecule has 6 N–H and O–H groups in total. The van der Waals surface area contributed by atoms with E-state index < -0.39 is 49.5 Å². The van der Waals surface area contributed by atoms with Crippen LogP contribution in [0.25, 0.3) is 0 Å². The van der Waals surface area contributed by atoms with Gasteiger partial charge in [0.2, 0.25) is 5.91 Å². The fraction of sp³-hybridized carbons (Fsp3) is 0.850. The first-order valence-corrected chi connectivity index (χ1v) is 39.1. The number of hydrogen-bond donors (Lipinski definition) is 6. The van der Waals surface area contributed by atoms with Gasteiger partial charge < -0.3 is 45.1 Å². The van der Waals surface area contributed by atoms with Crippen molar-refractivity contribution in [3.05, 3.63) is 60.8 Å². The average molecular weight is 1280 g/mol. The summed E-state index contributed by atoms with van der Waals surface area (Å²) < 4.78 is 16.7. The molecule has 1 aliphatic heterocycles. The van der Waals surface area contributed by atoms with Crippen LogP contribution >= 0.6 is 0 Å². The van der Waals surface area contributed by atoms with E-state index >= 15 is 0 Å². The second-order valence-electron chi connectivity index (χ2n) is 27.0. The van der Waals surface area contributed by atoms with Crippen LogP contribution in [-0.4, -0.2) is 100 Å². The van der Waals surface area contributed by atoms with Gasteiger partial charge in [0.25, 0.3) is 0 Å². The van der Waals surface area contributed by atoms with Gasteiger partial charge in [-0.15, -0.1) is 0 Å². The monoisotopic (exact) mass is 1280 g/mol. The van der Waals surface area contributed by atoms with Crippen molar-refractivity contribution in [2.75, 3.05) is 19.8 Å². The van der Waals surface area contributed by atoms with Gasteiger partial charge in [0.05, 0.1) is 32.0 Å². The number of allylic oxidation sites excluding steroid dienone is 9. The zero-order valence-electron chi connectivity index (χ0n) is 59.3. The third-order valence-corrected chi connectivity index (χ3v) is 18.3. The fourth-order valence-electron chi connectivity index (χ4n) is 12.2. The van der Waals surface area contributed by atoms with Crippen molar-refractivity contribution in [2.45, 2.75) is 416 Å². The molecule has 0 bridgehead atoms. The largest absolute Gasteiger partial charge is 0.466 e. The summed E-state index contributed by atoms with van der Waals surface area (Å²) in [5, 5.41) is 54.4. The van der Waals surface area contributed by atoms with E-state index in [2.05, 4.69) is 67.8 Å². The topological polar surface area (TPSA) is 175 Å². The highest BCUT2D eigenvalue weighted by Crippen LogP contribution is 2.23. The Hall–Kier alpha value is -2.64. The number of hydrogen-bond acceptors (Lipinski definition) is 10. The molecule has 1 aliphatic rings. The number of ether oxygens (including phenoxy) is 3. The van der Waals surface area contributed by atoms with Gasteiger partial charge in [0.1, 0.15) is 24.4 Å². The van der Waals surface area contributed by atoms with E-state index in [1.54, 1.807) is 6.08 Å². The smallest absolute Gasteiger partial charge is 0.305 e. The lowest BCUT2D eigenvalue weighted by Crippen LogP contribution is -2.60. The molecule has 0 aromatic rings. The van der Waals surface area contributed by atoms with Crippen molar-refractivity contribution in [3.63, 3.8) is 0 Å². The van der Waals surface area contributed by atoms with Gasteiger partial charge in [-0.3, -0.25) is 9.59 Å². The van der Waals surface area contributed by atoms with Gasteiger partial charge in [0.15, 0.2) is 6.29 Å². The number of rotatable bonds is 69. The van der Waals surface area contributed by atoms with E-state index in [0.717, 1.165) is 64.2 Å². The quantitative estimate of drug-likeness (QED) is 0.0195. The lowest BCUT2D eigenvalue weighted by Gasteiger charge is -2.40. The van der Waals surface area contributed by atoms with Crippen LogP contribution in [0.15, 0.2) is 60.8 Å². The van der Waals surface area contributed by atoms with Gasteiger partial charge in [-0.05, 0) is 103 Å². The molecule has 1 heterocycles. The minimum atomic E-state index is -1.58. The Morgan fingerprint density at radius 3 is 1.16 bits per heavy atom. The molecule has 1 amide bonds. The van der Waals surface area contributed by atoms with Gasteiger partial charge >= 0.3 is 5.97 Å². The minimum absolute atomic E-state index is 0.00592. The number of aliphatic hydroxyl groups excluding tert-OH is 5. The summed E-state index contributed by atoms with van der Waals surface area (Å²) in [6.07, 6.45) is 82.7. The summed E-state index contributed by atoms with van der Waals surface area (Å²) in [5.74, 6) is -0.184. The second kappa shape index (κ2) is 68.7. The van der Waals surface area contributed by atoms with Crippen LogP contribution in [0.1, 0.15) is 373 Å². The maximum Gasteiger partial charge on any atom is 0.305 e. The fourth-order valence-corrected chi connectivity index (χ4v) is 12.2. The summed E-state index contributed by atoms with van der Waals surface area (Å²) in [6, 6.07) is -0.825. The summed E-state index contributed by atoms with van der Waals surface area (Å²) in [5.41, 5.74) is 0. The molecule has 1 fully saturated rings. The average Bonchev–Trinajstić information content (AvgIpc) is 2.82. The van der Waals surface area contributed by atoms with Crippen molar-refractivity contribution in [1.29, 1.82) is 0 Å². The minimum Gasteiger partial charge on any atom is -0.466 e. The molecule has 0 spiro atoms. The molecule has 7 atom stereocenters. The van der Waals surface area contributed by atoms with Gasteiger partial charge in [-0.1, -0.05) is 319 Å². The van der Waals surface area contributed by atoms with Crippen LogP contribution < -0.4 is 5.32 Å². The molecule has 0 aliphatic carbocycles. The van der Waals surface area contributed by atoms with Crippen LogP contribution in [-0.2, 0) is 23.8 Å². The molecule has 91 heavy (non-hydrogen) atoms. The third-order valence-electron chi connectivity index (χ3n) is 18.3. The SMILES string of the molecule is CCCCCC/C=C/CC/C=C/C(O)C(COC1OC(CO)C(O)C(O)C1O)NC(=O)CCCCCCCCCCCCCCCCCCC/C=C\C/C=C\CCCCCCCCCCCCCCCCCOC(=O)CCCCCCC/C=C\CCCCCCC. The first-order chi connectivity index (χ1) is 44.7. The lowest BCUT2D eigenvalue weighted by molar-refractivity contribution is -0.302. The molecular weight excluding hydrogens is 1130 g/mol. The Morgan fingerprint density at radius 1 is 0.407 bits per heavy atom. The van der Waals surface area contributed by atoms with E-state index in [4.69, 9.17) is 14.2 Å². The van der Waals surface area contributed by atoms with E-state index in [1.165, 1.54) is 283 Å². The number of amides is 1. The molecule has 0 aromatic heterocycles. The molecule has 11 nitrogen and oxygen atoms in total. The summed E-state index contributed by atoms with van der Waals surface area (Å²) in [4.78, 5) is 25.1. The van der Waals surface area contributed by atoms with E-state index in [0.29, 0.717) is 19.4 Å². The molecule has 7 unspecified atom stereocenters. The van der Waals surface area contributed by atoms with Crippen LogP contribution in [0.3, 0.4) is 0 Å². The van der Waals surface area contributed by atoms with Crippen LogP contribution in [0, 0.1) is 0 Å². The van der Waals surface area contributed by atoms with E-state index in [9.17, 15) is 35.1 Å². The number of carbonyl (C=O) groups is 2. The highest BCUT2D eigenvalue weighted by Gasteiger charge is 2.44. The van der Waals surface area contributed by atoms with Crippen LogP contribution in [0.4, 0.5) is 0 Å². The van der Waals surface area contributed by atoms with Crippen LogP contribution in [0.2, 0.25) is 0 Å². The lowest BCUT2D eigenvalue weighted by atomic mass is 9.99. The van der Waals surface area contributed by atoms with Gasteiger partial charge in [-0.2, -0.15) is 0 Å². The van der Waals surface area contributed by atoms with Crippen molar-refractivity contribution in [2.24, 2.45) is 0 Å². The number of unbranched alkanes of at least 4 members (excludes halogenated alkanes) is 47. The molecule has 0 aromatic carbocycles. The predicted molar refractivity (Wildman–Crippen MR) is 384 cm³/mol. The Labute approximate surface area is 560 Å². The molecule has 1 saturated heterocycles. The Morgan fingerprint density at radius 2 is 0.747 bits per heavy atom. The number of aliphatic hydroxyl groups is 5. The Bertz CT molecular complexity index is 1700. The molecule has 0 saturated carbocycles. The second-order valence-corrected chi connectivity index (χ2v) is 27.0. The zero-order valence-corrected chi connectivity index (χ0v) is 59.3. The third kappa shape index (κ3) is 57.3. The molecular formula is C80H147NO10. The number of carbonyl (C=O) groups excluding carboxylic acids is 2.